The molecule has 0 saturated carbocycles. The first kappa shape index (κ1) is 13.2. The summed E-state index contributed by atoms with van der Waals surface area (Å²) < 4.78 is 12.9. The van der Waals surface area contributed by atoms with Crippen molar-refractivity contribution in [2.45, 2.75) is 45.6 Å². The molecule has 0 saturated heterocycles. The van der Waals surface area contributed by atoms with Crippen molar-refractivity contribution in [1.82, 2.24) is 5.32 Å². The van der Waals surface area contributed by atoms with Gasteiger partial charge in [0.05, 0.1) is 0 Å². The Bertz CT molecular complexity index is 295. The van der Waals surface area contributed by atoms with Gasteiger partial charge in [-0.05, 0) is 49.9 Å². The molecule has 0 atom stereocenters. The summed E-state index contributed by atoms with van der Waals surface area (Å²) in [7, 11) is 0. The van der Waals surface area contributed by atoms with E-state index in [2.05, 4.69) is 19.2 Å². The van der Waals surface area contributed by atoms with Crippen LogP contribution in [0.2, 0.25) is 0 Å². The highest BCUT2D eigenvalue weighted by Crippen LogP contribution is 2.06. The number of aryl methyl sites for hydroxylation is 1. The van der Waals surface area contributed by atoms with Crippen molar-refractivity contribution in [3.05, 3.63) is 35.6 Å². The lowest BCUT2D eigenvalue weighted by Crippen LogP contribution is -2.28. The van der Waals surface area contributed by atoms with Crippen LogP contribution in [0.15, 0.2) is 24.3 Å². The van der Waals surface area contributed by atoms with Crippen LogP contribution in [0.4, 0.5) is 4.39 Å². The van der Waals surface area contributed by atoms with Gasteiger partial charge in [0.1, 0.15) is 5.82 Å². The number of halogens is 1. The van der Waals surface area contributed by atoms with Gasteiger partial charge in [-0.2, -0.15) is 0 Å². The minimum absolute atomic E-state index is 0.134. The maximum absolute atomic E-state index is 12.9. The van der Waals surface area contributed by atoms with Crippen LogP contribution in [0.1, 0.15) is 38.7 Å². The lowest BCUT2D eigenvalue weighted by molar-refractivity contribution is 0.479. The van der Waals surface area contributed by atoms with Gasteiger partial charge >= 0.3 is 0 Å². The van der Waals surface area contributed by atoms with Crippen molar-refractivity contribution in [3.8, 4) is 0 Å². The number of benzene rings is 1. The SMILES string of the molecule is CCC(CC)NCCCc1cccc(F)c1. The van der Waals surface area contributed by atoms with Crippen LogP contribution in [0.25, 0.3) is 0 Å². The van der Waals surface area contributed by atoms with E-state index in [4.69, 9.17) is 0 Å². The first-order valence-electron chi connectivity index (χ1n) is 6.24. The van der Waals surface area contributed by atoms with Crippen molar-refractivity contribution >= 4 is 0 Å². The Kier molecular flexibility index (Phi) is 6.09. The predicted molar refractivity (Wildman–Crippen MR) is 67.1 cm³/mol. The third kappa shape index (κ3) is 4.75. The van der Waals surface area contributed by atoms with E-state index in [0.717, 1.165) is 24.9 Å². The van der Waals surface area contributed by atoms with Gasteiger partial charge in [0.2, 0.25) is 0 Å². The Morgan fingerprint density at radius 2 is 2.00 bits per heavy atom. The van der Waals surface area contributed by atoms with Gasteiger partial charge in [-0.3, -0.25) is 0 Å². The molecule has 16 heavy (non-hydrogen) atoms. The molecule has 0 amide bonds. The number of nitrogens with one attached hydrogen (secondary N) is 1. The van der Waals surface area contributed by atoms with Crippen molar-refractivity contribution in [2.24, 2.45) is 0 Å². The van der Waals surface area contributed by atoms with Crippen LogP contribution >= 0.6 is 0 Å². The van der Waals surface area contributed by atoms with Crippen LogP contribution in [0.5, 0.6) is 0 Å². The summed E-state index contributed by atoms with van der Waals surface area (Å²) in [6.07, 6.45) is 4.37. The van der Waals surface area contributed by atoms with Gasteiger partial charge in [0.25, 0.3) is 0 Å². The maximum atomic E-state index is 12.9. The van der Waals surface area contributed by atoms with E-state index >= 15 is 0 Å². The first-order chi connectivity index (χ1) is 7.76. The zero-order valence-corrected chi connectivity index (χ0v) is 10.3. The van der Waals surface area contributed by atoms with Gasteiger partial charge in [-0.1, -0.05) is 26.0 Å². The van der Waals surface area contributed by atoms with E-state index in [1.54, 1.807) is 12.1 Å². The lowest BCUT2D eigenvalue weighted by Gasteiger charge is -2.14. The molecule has 2 heteroatoms. The third-order valence-electron chi connectivity index (χ3n) is 2.95. The molecule has 0 bridgehead atoms. The van der Waals surface area contributed by atoms with E-state index in [0.29, 0.717) is 6.04 Å². The smallest absolute Gasteiger partial charge is 0.123 e. The van der Waals surface area contributed by atoms with E-state index in [-0.39, 0.29) is 5.82 Å². The van der Waals surface area contributed by atoms with Crippen molar-refractivity contribution in [3.63, 3.8) is 0 Å². The summed E-state index contributed by atoms with van der Waals surface area (Å²) >= 11 is 0. The standard InChI is InChI=1S/C14H22FN/c1-3-14(4-2)16-10-6-8-12-7-5-9-13(15)11-12/h5,7,9,11,14,16H,3-4,6,8,10H2,1-2H3. The molecule has 0 aliphatic carbocycles. The van der Waals surface area contributed by atoms with Crippen molar-refractivity contribution < 1.29 is 4.39 Å². The zero-order chi connectivity index (χ0) is 11.8. The van der Waals surface area contributed by atoms with Crippen molar-refractivity contribution in [2.75, 3.05) is 6.54 Å². The van der Waals surface area contributed by atoms with Gasteiger partial charge < -0.3 is 5.32 Å². The fraction of sp³-hybridized carbons (Fsp3) is 0.571. The third-order valence-corrected chi connectivity index (χ3v) is 2.95. The number of hydrogen-bond donors (Lipinski definition) is 1. The predicted octanol–water partition coefficient (Wildman–Crippen LogP) is 3.54. The Balaban J connectivity index is 2.20. The largest absolute Gasteiger partial charge is 0.314 e. The minimum Gasteiger partial charge on any atom is -0.314 e. The highest BCUT2D eigenvalue weighted by atomic mass is 19.1. The molecule has 0 aromatic heterocycles. The summed E-state index contributed by atoms with van der Waals surface area (Å²) in [6.45, 7) is 5.42. The van der Waals surface area contributed by atoms with Crippen LogP contribution in [-0.2, 0) is 6.42 Å². The quantitative estimate of drug-likeness (QED) is 0.697. The van der Waals surface area contributed by atoms with E-state index in [1.807, 2.05) is 6.07 Å². The Morgan fingerprint density at radius 1 is 1.25 bits per heavy atom. The fourth-order valence-corrected chi connectivity index (χ4v) is 1.87. The Morgan fingerprint density at radius 3 is 2.62 bits per heavy atom. The summed E-state index contributed by atoms with van der Waals surface area (Å²) in [4.78, 5) is 0. The molecule has 1 nitrogen and oxygen atoms in total. The Hall–Kier alpha value is -0.890. The summed E-state index contributed by atoms with van der Waals surface area (Å²) in [5.41, 5.74) is 1.09. The van der Waals surface area contributed by atoms with E-state index in [1.165, 1.54) is 18.9 Å². The second kappa shape index (κ2) is 7.39. The molecule has 0 fully saturated rings. The Labute approximate surface area is 98.1 Å². The van der Waals surface area contributed by atoms with Crippen LogP contribution in [0, 0.1) is 5.82 Å². The number of hydrogen-bond acceptors (Lipinski definition) is 1. The summed E-state index contributed by atoms with van der Waals surface area (Å²) in [6, 6.07) is 7.51. The topological polar surface area (TPSA) is 12.0 Å². The van der Waals surface area contributed by atoms with E-state index < -0.39 is 0 Å². The van der Waals surface area contributed by atoms with Gasteiger partial charge in [0.15, 0.2) is 0 Å². The molecule has 0 aliphatic rings. The molecular formula is C14H22FN. The molecule has 90 valence electrons. The average molecular weight is 223 g/mol. The van der Waals surface area contributed by atoms with Gasteiger partial charge in [0, 0.05) is 6.04 Å². The monoisotopic (exact) mass is 223 g/mol. The van der Waals surface area contributed by atoms with Gasteiger partial charge in [-0.25, -0.2) is 4.39 Å². The molecule has 1 rings (SSSR count). The normalized spacial score (nSPS) is 11.0. The molecule has 0 radical (unpaired) electrons. The zero-order valence-electron chi connectivity index (χ0n) is 10.3. The fourth-order valence-electron chi connectivity index (χ4n) is 1.87. The highest BCUT2D eigenvalue weighted by molar-refractivity contribution is 5.16. The van der Waals surface area contributed by atoms with E-state index in [9.17, 15) is 4.39 Å². The molecular weight excluding hydrogens is 201 g/mol. The molecule has 0 heterocycles. The molecule has 1 aromatic carbocycles. The lowest BCUT2D eigenvalue weighted by atomic mass is 10.1. The first-order valence-corrected chi connectivity index (χ1v) is 6.24. The van der Waals surface area contributed by atoms with Crippen LogP contribution in [-0.4, -0.2) is 12.6 Å². The van der Waals surface area contributed by atoms with Gasteiger partial charge in [-0.15, -0.1) is 0 Å². The van der Waals surface area contributed by atoms with Crippen molar-refractivity contribution in [1.29, 1.82) is 0 Å². The summed E-state index contributed by atoms with van der Waals surface area (Å²) in [5, 5.41) is 3.51. The second-order valence-electron chi connectivity index (χ2n) is 4.20. The molecule has 1 N–H and O–H groups in total. The molecule has 0 unspecified atom stereocenters. The number of rotatable bonds is 7. The maximum Gasteiger partial charge on any atom is 0.123 e. The molecule has 0 spiro atoms. The molecule has 1 aromatic rings. The average Bonchev–Trinajstić information content (AvgIpc) is 2.29. The minimum atomic E-state index is -0.134. The highest BCUT2D eigenvalue weighted by Gasteiger charge is 2.01. The van der Waals surface area contributed by atoms with Crippen LogP contribution < -0.4 is 5.32 Å². The summed E-state index contributed by atoms with van der Waals surface area (Å²) in [5.74, 6) is -0.134. The second-order valence-corrected chi connectivity index (χ2v) is 4.20. The van der Waals surface area contributed by atoms with Crippen LogP contribution in [0.3, 0.4) is 0 Å². The molecule has 0 aliphatic heterocycles.